The van der Waals surface area contributed by atoms with Gasteiger partial charge in [-0.2, -0.15) is 0 Å². The number of anilines is 2. The van der Waals surface area contributed by atoms with Crippen molar-refractivity contribution in [2.24, 2.45) is 0 Å². The van der Waals surface area contributed by atoms with Crippen LogP contribution in [-0.2, 0) is 0 Å². The Kier molecular flexibility index (Phi) is 5.55. The van der Waals surface area contributed by atoms with Gasteiger partial charge in [-0.1, -0.05) is 24.3 Å². The van der Waals surface area contributed by atoms with Crippen LogP contribution in [0.25, 0.3) is 0 Å². The van der Waals surface area contributed by atoms with Gasteiger partial charge in [-0.05, 0) is 56.2 Å². The predicted molar refractivity (Wildman–Crippen MR) is 106 cm³/mol. The van der Waals surface area contributed by atoms with Crippen molar-refractivity contribution in [2.45, 2.75) is 32.4 Å². The van der Waals surface area contributed by atoms with Crippen LogP contribution in [0, 0.1) is 0 Å². The fraction of sp³-hybridized carbons (Fsp3) is 0.429. The lowest BCUT2D eigenvalue weighted by Gasteiger charge is -2.30. The normalized spacial score (nSPS) is 11.7. The van der Waals surface area contributed by atoms with Crippen molar-refractivity contribution in [3.8, 4) is 0 Å². The van der Waals surface area contributed by atoms with Gasteiger partial charge in [0.15, 0.2) is 0 Å². The smallest absolute Gasteiger partial charge is 0.0580 e. The zero-order chi connectivity index (χ0) is 17.9. The fourth-order valence-electron chi connectivity index (χ4n) is 2.72. The van der Waals surface area contributed by atoms with E-state index in [0.717, 1.165) is 0 Å². The van der Waals surface area contributed by atoms with E-state index in [1.165, 1.54) is 22.5 Å². The van der Waals surface area contributed by atoms with E-state index in [0.29, 0.717) is 0 Å². The zero-order valence-electron chi connectivity index (χ0n) is 16.1. The molecule has 0 spiro atoms. The summed E-state index contributed by atoms with van der Waals surface area (Å²) in [6.07, 6.45) is 0. The van der Waals surface area contributed by atoms with Gasteiger partial charge in [-0.25, -0.2) is 0 Å². The second-order valence-corrected chi connectivity index (χ2v) is 7.80. The molecule has 130 valence electrons. The molecule has 0 atom stereocenters. The van der Waals surface area contributed by atoms with Gasteiger partial charge in [0, 0.05) is 45.1 Å². The highest BCUT2D eigenvalue weighted by Gasteiger charge is 2.20. The van der Waals surface area contributed by atoms with Gasteiger partial charge in [-0.15, -0.1) is 0 Å². The minimum atomic E-state index is 0.0328. The molecule has 2 aromatic carbocycles. The highest BCUT2D eigenvalue weighted by molar-refractivity contribution is 5.50. The molecule has 0 bridgehead atoms. The van der Waals surface area contributed by atoms with Crippen molar-refractivity contribution < 1.29 is 0 Å². The molecule has 3 heteroatoms. The molecular formula is C21H31N3. The molecule has 0 fully saturated rings. The van der Waals surface area contributed by atoms with Crippen LogP contribution >= 0.6 is 0 Å². The molecule has 24 heavy (non-hydrogen) atoms. The van der Waals surface area contributed by atoms with E-state index in [1.54, 1.807) is 0 Å². The van der Waals surface area contributed by atoms with Gasteiger partial charge in [0.2, 0.25) is 0 Å². The average molecular weight is 326 g/mol. The molecule has 0 saturated heterocycles. The van der Waals surface area contributed by atoms with E-state index >= 15 is 0 Å². The Labute approximate surface area is 147 Å². The van der Waals surface area contributed by atoms with Crippen molar-refractivity contribution in [1.82, 2.24) is 5.32 Å². The summed E-state index contributed by atoms with van der Waals surface area (Å²) in [6, 6.07) is 17.8. The highest BCUT2D eigenvalue weighted by Crippen LogP contribution is 2.27. The summed E-state index contributed by atoms with van der Waals surface area (Å²) in [6.45, 7) is 6.63. The Morgan fingerprint density at radius 2 is 1.00 bits per heavy atom. The molecule has 0 heterocycles. The largest absolute Gasteiger partial charge is 0.378 e. The van der Waals surface area contributed by atoms with Crippen molar-refractivity contribution in [2.75, 3.05) is 38.0 Å². The van der Waals surface area contributed by atoms with E-state index in [1.807, 2.05) is 0 Å². The van der Waals surface area contributed by atoms with Crippen molar-refractivity contribution in [1.29, 1.82) is 0 Å². The van der Waals surface area contributed by atoms with E-state index in [2.05, 4.69) is 113 Å². The van der Waals surface area contributed by atoms with Crippen LogP contribution in [0.3, 0.4) is 0 Å². The van der Waals surface area contributed by atoms with Crippen LogP contribution in [-0.4, -0.2) is 33.7 Å². The third kappa shape index (κ3) is 4.75. The first-order chi connectivity index (χ1) is 11.2. The van der Waals surface area contributed by atoms with E-state index in [-0.39, 0.29) is 11.6 Å². The summed E-state index contributed by atoms with van der Waals surface area (Å²) in [7, 11) is 8.28. The Balaban J connectivity index is 2.37. The third-order valence-corrected chi connectivity index (χ3v) is 4.06. The SMILES string of the molecule is CN(C)c1ccc(C(NC(C)(C)C)c2ccc(N(C)C)cc2)cc1. The maximum Gasteiger partial charge on any atom is 0.0580 e. The maximum absolute atomic E-state index is 3.76. The second kappa shape index (κ2) is 7.27. The molecule has 0 saturated carbocycles. The molecule has 1 N–H and O–H groups in total. The standard InChI is InChI=1S/C21H31N3/c1-21(2,3)22-20(16-8-12-18(13-9-16)23(4)5)17-10-14-19(15-11-17)24(6)7/h8-15,20,22H,1-7H3. The first-order valence-electron chi connectivity index (χ1n) is 8.49. The molecule has 0 radical (unpaired) electrons. The molecule has 2 rings (SSSR count). The number of rotatable bonds is 5. The molecule has 0 unspecified atom stereocenters. The molecule has 0 amide bonds. The summed E-state index contributed by atoms with van der Waals surface area (Å²) < 4.78 is 0. The molecule has 2 aromatic rings. The van der Waals surface area contributed by atoms with Crippen molar-refractivity contribution in [3.63, 3.8) is 0 Å². The quantitative estimate of drug-likeness (QED) is 0.884. The van der Waals surface area contributed by atoms with Gasteiger partial charge in [0.05, 0.1) is 6.04 Å². The number of nitrogens with zero attached hydrogens (tertiary/aromatic N) is 2. The molecular weight excluding hydrogens is 294 g/mol. The van der Waals surface area contributed by atoms with Gasteiger partial charge < -0.3 is 15.1 Å². The summed E-state index contributed by atoms with van der Waals surface area (Å²) >= 11 is 0. The zero-order valence-corrected chi connectivity index (χ0v) is 16.1. The van der Waals surface area contributed by atoms with Crippen LogP contribution in [0.4, 0.5) is 11.4 Å². The summed E-state index contributed by atoms with van der Waals surface area (Å²) in [5.74, 6) is 0. The summed E-state index contributed by atoms with van der Waals surface area (Å²) in [5.41, 5.74) is 5.04. The van der Waals surface area contributed by atoms with Crippen LogP contribution in [0.15, 0.2) is 48.5 Å². The minimum Gasteiger partial charge on any atom is -0.378 e. The Bertz CT molecular complexity index is 583. The van der Waals surface area contributed by atoms with Gasteiger partial charge >= 0.3 is 0 Å². The topological polar surface area (TPSA) is 18.5 Å². The van der Waals surface area contributed by atoms with Crippen molar-refractivity contribution >= 4 is 11.4 Å². The minimum absolute atomic E-state index is 0.0328. The number of hydrogen-bond acceptors (Lipinski definition) is 3. The predicted octanol–water partition coefficient (Wildman–Crippen LogP) is 4.30. The van der Waals surface area contributed by atoms with Crippen molar-refractivity contribution in [3.05, 3.63) is 59.7 Å². The lowest BCUT2D eigenvalue weighted by Crippen LogP contribution is -2.39. The van der Waals surface area contributed by atoms with Crippen LogP contribution < -0.4 is 15.1 Å². The first kappa shape index (κ1) is 18.3. The molecule has 0 aliphatic heterocycles. The van der Waals surface area contributed by atoms with Crippen LogP contribution in [0.1, 0.15) is 37.9 Å². The van der Waals surface area contributed by atoms with E-state index < -0.39 is 0 Å². The number of benzene rings is 2. The number of hydrogen-bond donors (Lipinski definition) is 1. The molecule has 0 aliphatic carbocycles. The fourth-order valence-corrected chi connectivity index (χ4v) is 2.72. The Morgan fingerprint density at radius 3 is 1.25 bits per heavy atom. The molecule has 0 aromatic heterocycles. The van der Waals surface area contributed by atoms with E-state index in [4.69, 9.17) is 0 Å². The first-order valence-corrected chi connectivity index (χ1v) is 8.49. The molecule has 0 aliphatic rings. The Hall–Kier alpha value is -2.00. The van der Waals surface area contributed by atoms with Gasteiger partial charge in [-0.3, -0.25) is 0 Å². The highest BCUT2D eigenvalue weighted by atomic mass is 15.1. The monoisotopic (exact) mass is 325 g/mol. The summed E-state index contributed by atoms with van der Waals surface area (Å²) in [5, 5.41) is 3.76. The third-order valence-electron chi connectivity index (χ3n) is 4.06. The number of nitrogens with one attached hydrogen (secondary N) is 1. The van der Waals surface area contributed by atoms with Gasteiger partial charge in [0.25, 0.3) is 0 Å². The van der Waals surface area contributed by atoms with Gasteiger partial charge in [0.1, 0.15) is 0 Å². The summed E-state index contributed by atoms with van der Waals surface area (Å²) in [4.78, 5) is 4.25. The average Bonchev–Trinajstić information content (AvgIpc) is 2.52. The lowest BCUT2D eigenvalue weighted by atomic mass is 9.95. The molecule has 3 nitrogen and oxygen atoms in total. The Morgan fingerprint density at radius 1 is 0.667 bits per heavy atom. The maximum atomic E-state index is 3.76. The second-order valence-electron chi connectivity index (χ2n) is 7.80. The van der Waals surface area contributed by atoms with E-state index in [9.17, 15) is 0 Å². The van der Waals surface area contributed by atoms with Crippen LogP contribution in [0.2, 0.25) is 0 Å². The lowest BCUT2D eigenvalue weighted by molar-refractivity contribution is 0.391. The van der Waals surface area contributed by atoms with Crippen LogP contribution in [0.5, 0.6) is 0 Å².